The zero-order valence-electron chi connectivity index (χ0n) is 7.98. The molecule has 0 aromatic carbocycles. The first-order chi connectivity index (χ1) is 5.89. The molecule has 2 N–H and O–H groups in total. The first kappa shape index (κ1) is 9.63. The molecule has 0 saturated heterocycles. The second-order valence-corrected chi connectivity index (χ2v) is 3.81. The van der Waals surface area contributed by atoms with E-state index in [9.17, 15) is 4.79 Å². The smallest absolute Gasteiger partial charge is 0.225 e. The van der Waals surface area contributed by atoms with Crippen LogP contribution in [0.15, 0.2) is 0 Å². The Labute approximate surface area is 76.1 Å². The first-order valence-corrected chi connectivity index (χ1v) is 3.97. The lowest BCUT2D eigenvalue weighted by Crippen LogP contribution is -2.25. The fourth-order valence-electron chi connectivity index (χ4n) is 0.754. The average molecular weight is 183 g/mol. The SMILES string of the molecule is CC(C)(C)n1nnc(CC(N)=O)n1. The number of tetrazole rings is 1. The number of nitrogens with two attached hydrogens (primary N) is 1. The molecule has 0 saturated carbocycles. The van der Waals surface area contributed by atoms with Gasteiger partial charge in [0.25, 0.3) is 0 Å². The van der Waals surface area contributed by atoms with Crippen LogP contribution in [0.2, 0.25) is 0 Å². The van der Waals surface area contributed by atoms with Crippen LogP contribution in [0.5, 0.6) is 0 Å². The first-order valence-electron chi connectivity index (χ1n) is 3.97. The summed E-state index contributed by atoms with van der Waals surface area (Å²) in [5.74, 6) is -0.0871. The Morgan fingerprint density at radius 1 is 1.54 bits per heavy atom. The molecule has 1 aromatic rings. The van der Waals surface area contributed by atoms with E-state index in [1.54, 1.807) is 0 Å². The van der Waals surface area contributed by atoms with Crippen LogP contribution in [0.4, 0.5) is 0 Å². The molecule has 1 rings (SSSR count). The van der Waals surface area contributed by atoms with Gasteiger partial charge in [0.05, 0.1) is 12.0 Å². The molecule has 72 valence electrons. The van der Waals surface area contributed by atoms with E-state index in [0.717, 1.165) is 0 Å². The summed E-state index contributed by atoms with van der Waals surface area (Å²) in [6.07, 6.45) is 0.0378. The third-order valence-corrected chi connectivity index (χ3v) is 1.39. The second kappa shape index (κ2) is 3.12. The van der Waals surface area contributed by atoms with E-state index >= 15 is 0 Å². The minimum absolute atomic E-state index is 0.0378. The maximum atomic E-state index is 10.5. The van der Waals surface area contributed by atoms with Gasteiger partial charge in [-0.15, -0.1) is 10.2 Å². The number of rotatable bonds is 2. The average Bonchev–Trinajstić information content (AvgIpc) is 2.32. The number of primary amides is 1. The normalized spacial score (nSPS) is 11.6. The van der Waals surface area contributed by atoms with Gasteiger partial charge >= 0.3 is 0 Å². The van der Waals surface area contributed by atoms with Gasteiger partial charge in [-0.1, -0.05) is 0 Å². The van der Waals surface area contributed by atoms with Crippen molar-refractivity contribution in [3.8, 4) is 0 Å². The fraction of sp³-hybridized carbons (Fsp3) is 0.714. The number of carbonyl (C=O) groups is 1. The highest BCUT2D eigenvalue weighted by Gasteiger charge is 2.17. The molecular formula is C7H13N5O. The van der Waals surface area contributed by atoms with Crippen molar-refractivity contribution in [3.63, 3.8) is 0 Å². The molecule has 0 aliphatic carbocycles. The minimum atomic E-state index is -0.451. The number of hydrogen-bond acceptors (Lipinski definition) is 4. The standard InChI is InChI=1S/C7H13N5O/c1-7(2,3)12-10-6(9-11-12)4-5(8)13/h4H2,1-3H3,(H2,8,13). The monoisotopic (exact) mass is 183 g/mol. The van der Waals surface area contributed by atoms with Crippen LogP contribution in [0.25, 0.3) is 0 Å². The Hall–Kier alpha value is -1.46. The maximum absolute atomic E-state index is 10.5. The largest absolute Gasteiger partial charge is 0.369 e. The zero-order valence-corrected chi connectivity index (χ0v) is 7.98. The van der Waals surface area contributed by atoms with E-state index in [1.165, 1.54) is 4.80 Å². The van der Waals surface area contributed by atoms with Crippen molar-refractivity contribution in [3.05, 3.63) is 5.82 Å². The molecule has 0 spiro atoms. The molecule has 1 heterocycles. The predicted molar refractivity (Wildman–Crippen MR) is 45.7 cm³/mol. The molecular weight excluding hydrogens is 170 g/mol. The number of hydrogen-bond donors (Lipinski definition) is 1. The third-order valence-electron chi connectivity index (χ3n) is 1.39. The van der Waals surface area contributed by atoms with Crippen molar-refractivity contribution in [1.29, 1.82) is 0 Å². The molecule has 13 heavy (non-hydrogen) atoms. The van der Waals surface area contributed by atoms with E-state index in [4.69, 9.17) is 5.73 Å². The van der Waals surface area contributed by atoms with Crippen LogP contribution < -0.4 is 5.73 Å². The van der Waals surface area contributed by atoms with E-state index < -0.39 is 5.91 Å². The molecule has 6 heteroatoms. The quantitative estimate of drug-likeness (QED) is 0.666. The topological polar surface area (TPSA) is 86.7 Å². The molecule has 1 amide bonds. The van der Waals surface area contributed by atoms with Crippen LogP contribution in [0, 0.1) is 0 Å². The molecule has 0 bridgehead atoms. The number of nitrogens with zero attached hydrogens (tertiary/aromatic N) is 4. The Bertz CT molecular complexity index is 311. The molecule has 0 unspecified atom stereocenters. The molecule has 0 atom stereocenters. The molecule has 0 aliphatic rings. The van der Waals surface area contributed by atoms with Crippen LogP contribution >= 0.6 is 0 Å². The number of amides is 1. The van der Waals surface area contributed by atoms with Crippen molar-refractivity contribution in [2.45, 2.75) is 32.7 Å². The van der Waals surface area contributed by atoms with Crippen molar-refractivity contribution in [2.24, 2.45) is 5.73 Å². The van der Waals surface area contributed by atoms with Gasteiger partial charge in [0.15, 0.2) is 5.82 Å². The lowest BCUT2D eigenvalue weighted by atomic mass is 10.1. The van der Waals surface area contributed by atoms with Crippen LogP contribution in [0.1, 0.15) is 26.6 Å². The lowest BCUT2D eigenvalue weighted by Gasteiger charge is -2.15. The maximum Gasteiger partial charge on any atom is 0.225 e. The van der Waals surface area contributed by atoms with E-state index in [2.05, 4.69) is 15.4 Å². The summed E-state index contributed by atoms with van der Waals surface area (Å²) in [4.78, 5) is 12.0. The predicted octanol–water partition coefficient (Wildman–Crippen LogP) is -0.544. The van der Waals surface area contributed by atoms with Crippen molar-refractivity contribution < 1.29 is 4.79 Å². The highest BCUT2D eigenvalue weighted by atomic mass is 16.1. The summed E-state index contributed by atoms with van der Waals surface area (Å²) in [6.45, 7) is 5.84. The van der Waals surface area contributed by atoms with Crippen molar-refractivity contribution in [2.75, 3.05) is 0 Å². The second-order valence-electron chi connectivity index (χ2n) is 3.81. The summed E-state index contributed by atoms with van der Waals surface area (Å²) in [5, 5.41) is 11.5. The number of aromatic nitrogens is 4. The van der Waals surface area contributed by atoms with Gasteiger partial charge in [-0.25, -0.2) is 0 Å². The van der Waals surface area contributed by atoms with Gasteiger partial charge in [0.1, 0.15) is 0 Å². The van der Waals surface area contributed by atoms with Gasteiger partial charge in [-0.2, -0.15) is 4.80 Å². The Balaban J connectivity index is 2.81. The van der Waals surface area contributed by atoms with Gasteiger partial charge in [-0.3, -0.25) is 4.79 Å². The highest BCUT2D eigenvalue weighted by Crippen LogP contribution is 2.08. The molecule has 0 fully saturated rings. The van der Waals surface area contributed by atoms with Gasteiger partial charge in [-0.05, 0) is 26.0 Å². The highest BCUT2D eigenvalue weighted by molar-refractivity contribution is 5.75. The van der Waals surface area contributed by atoms with Gasteiger partial charge in [0, 0.05) is 0 Å². The van der Waals surface area contributed by atoms with Crippen LogP contribution in [-0.4, -0.2) is 26.1 Å². The van der Waals surface area contributed by atoms with E-state index in [1.807, 2.05) is 20.8 Å². The van der Waals surface area contributed by atoms with Gasteiger partial charge < -0.3 is 5.73 Å². The summed E-state index contributed by atoms with van der Waals surface area (Å²) in [6, 6.07) is 0. The minimum Gasteiger partial charge on any atom is -0.369 e. The van der Waals surface area contributed by atoms with Crippen molar-refractivity contribution in [1.82, 2.24) is 20.2 Å². The Morgan fingerprint density at radius 2 is 2.15 bits per heavy atom. The van der Waals surface area contributed by atoms with Crippen LogP contribution in [-0.2, 0) is 16.8 Å². The number of carbonyl (C=O) groups excluding carboxylic acids is 1. The third kappa shape index (κ3) is 2.50. The van der Waals surface area contributed by atoms with E-state index in [0.29, 0.717) is 5.82 Å². The summed E-state index contributed by atoms with van der Waals surface area (Å²) in [7, 11) is 0. The van der Waals surface area contributed by atoms with E-state index in [-0.39, 0.29) is 12.0 Å². The summed E-state index contributed by atoms with van der Waals surface area (Å²) < 4.78 is 0. The zero-order chi connectivity index (χ0) is 10.1. The Morgan fingerprint density at radius 3 is 2.54 bits per heavy atom. The van der Waals surface area contributed by atoms with Crippen molar-refractivity contribution >= 4 is 5.91 Å². The summed E-state index contributed by atoms with van der Waals surface area (Å²) in [5.41, 5.74) is 4.77. The fourth-order valence-corrected chi connectivity index (χ4v) is 0.754. The molecule has 0 aliphatic heterocycles. The van der Waals surface area contributed by atoms with Crippen LogP contribution in [0.3, 0.4) is 0 Å². The summed E-state index contributed by atoms with van der Waals surface area (Å²) >= 11 is 0. The molecule has 0 radical (unpaired) electrons. The lowest BCUT2D eigenvalue weighted by molar-refractivity contribution is -0.117. The Kier molecular flexibility index (Phi) is 2.31. The molecule has 6 nitrogen and oxygen atoms in total. The van der Waals surface area contributed by atoms with Gasteiger partial charge in [0.2, 0.25) is 5.91 Å². The molecule has 1 aromatic heterocycles.